The van der Waals surface area contributed by atoms with Gasteiger partial charge in [-0.25, -0.2) is 9.97 Å². The van der Waals surface area contributed by atoms with Crippen molar-refractivity contribution in [1.82, 2.24) is 20.3 Å². The van der Waals surface area contributed by atoms with E-state index in [9.17, 15) is 9.59 Å². The van der Waals surface area contributed by atoms with Crippen molar-refractivity contribution in [3.8, 4) is 11.8 Å². The van der Waals surface area contributed by atoms with Crippen molar-refractivity contribution in [1.29, 1.82) is 0 Å². The number of halogens is 1. The van der Waals surface area contributed by atoms with Gasteiger partial charge in [-0.2, -0.15) is 4.98 Å². The van der Waals surface area contributed by atoms with Crippen molar-refractivity contribution in [2.45, 2.75) is 6.92 Å². The Hall–Kier alpha value is -3.96. The fraction of sp³-hybridized carbons (Fsp3) is 0.261. The van der Waals surface area contributed by atoms with Crippen molar-refractivity contribution in [3.05, 3.63) is 58.4 Å². The van der Waals surface area contributed by atoms with Crippen LogP contribution in [0.1, 0.15) is 26.4 Å². The molecule has 11 nitrogen and oxygen atoms in total. The van der Waals surface area contributed by atoms with Crippen molar-refractivity contribution in [2.24, 2.45) is 0 Å². The van der Waals surface area contributed by atoms with Gasteiger partial charge in [-0.1, -0.05) is 17.7 Å². The molecule has 1 aromatic carbocycles. The topological polar surface area (TPSA) is 137 Å². The first-order chi connectivity index (χ1) is 16.9. The van der Waals surface area contributed by atoms with Crippen LogP contribution in [-0.4, -0.2) is 61.2 Å². The summed E-state index contributed by atoms with van der Waals surface area (Å²) in [6, 6.07) is 8.19. The largest absolute Gasteiger partial charge is 0.494 e. The van der Waals surface area contributed by atoms with Crippen LogP contribution in [0.2, 0.25) is 5.02 Å². The summed E-state index contributed by atoms with van der Waals surface area (Å²) in [6.45, 7) is 2.48. The van der Waals surface area contributed by atoms with Gasteiger partial charge in [0, 0.05) is 38.2 Å². The Morgan fingerprint density at radius 3 is 2.54 bits per heavy atom. The van der Waals surface area contributed by atoms with Gasteiger partial charge in [0.15, 0.2) is 0 Å². The molecular formula is C23H25ClN6O5. The molecule has 2 amide bonds. The first kappa shape index (κ1) is 25.7. The van der Waals surface area contributed by atoms with Gasteiger partial charge in [-0.05, 0) is 19.1 Å². The number of hydrogen-bond donors (Lipinski definition) is 3. The lowest BCUT2D eigenvalue weighted by molar-refractivity contribution is 0.0963. The van der Waals surface area contributed by atoms with Gasteiger partial charge in [-0.3, -0.25) is 9.59 Å². The Morgan fingerprint density at radius 2 is 1.83 bits per heavy atom. The van der Waals surface area contributed by atoms with Crippen molar-refractivity contribution < 1.29 is 23.8 Å². The molecule has 3 rings (SSSR count). The SMILES string of the molecule is CNC(=O)c1cnc(Nc2cc(C)nc(OCCOC)n2)cc1NC(=O)c1cccc(Cl)c1OC. The van der Waals surface area contributed by atoms with E-state index in [1.807, 2.05) is 0 Å². The summed E-state index contributed by atoms with van der Waals surface area (Å²) in [4.78, 5) is 38.2. The van der Waals surface area contributed by atoms with Crippen LogP contribution in [0.4, 0.5) is 17.3 Å². The van der Waals surface area contributed by atoms with Crippen LogP contribution in [0, 0.1) is 6.92 Å². The van der Waals surface area contributed by atoms with Gasteiger partial charge < -0.3 is 30.2 Å². The molecule has 184 valence electrons. The number of para-hydroxylation sites is 1. The molecule has 0 saturated heterocycles. The zero-order chi connectivity index (χ0) is 25.4. The highest BCUT2D eigenvalue weighted by Gasteiger charge is 2.19. The third-order valence-electron chi connectivity index (χ3n) is 4.65. The summed E-state index contributed by atoms with van der Waals surface area (Å²) in [7, 11) is 4.47. The number of carbonyl (C=O) groups is 2. The first-order valence-corrected chi connectivity index (χ1v) is 10.8. The predicted molar refractivity (Wildman–Crippen MR) is 131 cm³/mol. The van der Waals surface area contributed by atoms with Crippen molar-refractivity contribution in [3.63, 3.8) is 0 Å². The molecule has 3 N–H and O–H groups in total. The highest BCUT2D eigenvalue weighted by atomic mass is 35.5. The highest BCUT2D eigenvalue weighted by molar-refractivity contribution is 6.33. The average Bonchev–Trinajstić information content (AvgIpc) is 2.83. The van der Waals surface area contributed by atoms with Crippen LogP contribution in [0.15, 0.2) is 36.5 Å². The Balaban J connectivity index is 1.91. The average molecular weight is 501 g/mol. The molecule has 0 aliphatic carbocycles. The number of aryl methyl sites for hydroxylation is 1. The number of ether oxygens (including phenoxy) is 3. The minimum Gasteiger partial charge on any atom is -0.494 e. The molecule has 2 aromatic heterocycles. The Morgan fingerprint density at radius 1 is 1.03 bits per heavy atom. The van der Waals surface area contributed by atoms with E-state index in [2.05, 4.69) is 30.9 Å². The number of amides is 2. The highest BCUT2D eigenvalue weighted by Crippen LogP contribution is 2.30. The number of nitrogens with one attached hydrogen (secondary N) is 3. The molecule has 0 fully saturated rings. The molecule has 2 heterocycles. The molecule has 12 heteroatoms. The second-order valence-electron chi connectivity index (χ2n) is 7.11. The molecule has 35 heavy (non-hydrogen) atoms. The Bertz CT molecular complexity index is 1220. The van der Waals surface area contributed by atoms with E-state index in [0.29, 0.717) is 30.5 Å². The maximum Gasteiger partial charge on any atom is 0.318 e. The molecular weight excluding hydrogens is 476 g/mol. The first-order valence-electron chi connectivity index (χ1n) is 10.5. The number of anilines is 3. The minimum absolute atomic E-state index is 0.162. The van der Waals surface area contributed by atoms with Gasteiger partial charge in [0.1, 0.15) is 24.0 Å². The molecule has 0 radical (unpaired) electrons. The molecule has 0 saturated carbocycles. The molecule has 3 aromatic rings. The molecule has 0 spiro atoms. The number of hydrogen-bond acceptors (Lipinski definition) is 9. The van der Waals surface area contributed by atoms with E-state index in [-0.39, 0.29) is 33.6 Å². The summed E-state index contributed by atoms with van der Waals surface area (Å²) in [5.41, 5.74) is 1.25. The van der Waals surface area contributed by atoms with E-state index in [1.54, 1.807) is 38.3 Å². The number of pyridine rings is 1. The molecule has 0 aliphatic heterocycles. The normalized spacial score (nSPS) is 10.4. The minimum atomic E-state index is -0.515. The van der Waals surface area contributed by atoms with E-state index < -0.39 is 11.8 Å². The fourth-order valence-electron chi connectivity index (χ4n) is 3.04. The van der Waals surface area contributed by atoms with Gasteiger partial charge >= 0.3 is 6.01 Å². The number of carbonyl (C=O) groups excluding carboxylic acids is 2. The predicted octanol–water partition coefficient (Wildman–Crippen LogP) is 3.22. The van der Waals surface area contributed by atoms with Gasteiger partial charge in [-0.15, -0.1) is 0 Å². The maximum atomic E-state index is 13.0. The van der Waals surface area contributed by atoms with Gasteiger partial charge in [0.25, 0.3) is 11.8 Å². The lowest BCUT2D eigenvalue weighted by atomic mass is 10.1. The summed E-state index contributed by atoms with van der Waals surface area (Å²) < 4.78 is 15.7. The van der Waals surface area contributed by atoms with Crippen LogP contribution < -0.4 is 25.4 Å². The maximum absolute atomic E-state index is 13.0. The van der Waals surface area contributed by atoms with E-state index >= 15 is 0 Å². The van der Waals surface area contributed by atoms with Crippen LogP contribution in [0.25, 0.3) is 0 Å². The summed E-state index contributed by atoms with van der Waals surface area (Å²) in [6.07, 6.45) is 1.34. The lowest BCUT2D eigenvalue weighted by Crippen LogP contribution is -2.22. The van der Waals surface area contributed by atoms with E-state index in [1.165, 1.54) is 26.4 Å². The number of methoxy groups -OCH3 is 2. The van der Waals surface area contributed by atoms with Gasteiger partial charge in [0.2, 0.25) is 0 Å². The molecule has 0 bridgehead atoms. The Kier molecular flexibility index (Phi) is 8.76. The van der Waals surface area contributed by atoms with Crippen LogP contribution in [0.5, 0.6) is 11.8 Å². The van der Waals surface area contributed by atoms with Crippen LogP contribution in [-0.2, 0) is 4.74 Å². The van der Waals surface area contributed by atoms with Crippen LogP contribution in [0.3, 0.4) is 0 Å². The molecule has 0 aliphatic rings. The Labute approximate surface area is 207 Å². The monoisotopic (exact) mass is 500 g/mol. The van der Waals surface area contributed by atoms with Gasteiger partial charge in [0.05, 0.1) is 35.6 Å². The summed E-state index contributed by atoms with van der Waals surface area (Å²) in [5.74, 6) is 0.0198. The summed E-state index contributed by atoms with van der Waals surface area (Å²) in [5, 5.41) is 8.59. The van der Waals surface area contributed by atoms with Crippen molar-refractivity contribution in [2.75, 3.05) is 45.1 Å². The zero-order valence-electron chi connectivity index (χ0n) is 19.6. The van der Waals surface area contributed by atoms with E-state index in [4.69, 9.17) is 25.8 Å². The second kappa shape index (κ2) is 12.0. The smallest absolute Gasteiger partial charge is 0.318 e. The second-order valence-corrected chi connectivity index (χ2v) is 7.52. The van der Waals surface area contributed by atoms with Crippen LogP contribution >= 0.6 is 11.6 Å². The standard InChI is InChI=1S/C23H25ClN6O5/c1-13-10-19(30-23(27-13)35-9-8-33-3)29-18-11-17(15(12-26-18)21(31)25-2)28-22(32)14-6-5-7-16(24)20(14)34-4/h5-7,10-12H,8-9H2,1-4H3,(H,25,31)(H2,26,27,28,29,30,32). The number of nitrogens with zero attached hydrogens (tertiary/aromatic N) is 3. The van der Waals surface area contributed by atoms with E-state index in [0.717, 1.165) is 0 Å². The van der Waals surface area contributed by atoms with Crippen molar-refractivity contribution >= 4 is 40.7 Å². The molecule has 0 unspecified atom stereocenters. The summed E-state index contributed by atoms with van der Waals surface area (Å²) >= 11 is 6.14. The lowest BCUT2D eigenvalue weighted by Gasteiger charge is -2.14. The third-order valence-corrected chi connectivity index (χ3v) is 4.95. The zero-order valence-corrected chi connectivity index (χ0v) is 20.4. The molecule has 0 atom stereocenters. The quantitative estimate of drug-likeness (QED) is 0.358. The number of benzene rings is 1. The third kappa shape index (κ3) is 6.55. The number of rotatable bonds is 10. The number of aromatic nitrogens is 3. The fourth-order valence-corrected chi connectivity index (χ4v) is 3.30.